The molecule has 0 spiro atoms. The molecular weight excluding hydrogens is 432 g/mol. The van der Waals surface area contributed by atoms with Crippen molar-refractivity contribution in [3.8, 4) is 17.2 Å². The van der Waals surface area contributed by atoms with Gasteiger partial charge in [-0.05, 0) is 47.2 Å². The van der Waals surface area contributed by atoms with Crippen LogP contribution < -0.4 is 19.6 Å². The van der Waals surface area contributed by atoms with E-state index in [4.69, 9.17) is 14.2 Å². The summed E-state index contributed by atoms with van der Waals surface area (Å²) in [4.78, 5) is 25.2. The highest BCUT2D eigenvalue weighted by atomic mass is 16.5. The maximum Gasteiger partial charge on any atom is 0.343 e. The molecule has 0 unspecified atom stereocenters. The van der Waals surface area contributed by atoms with Crippen molar-refractivity contribution >= 4 is 28.9 Å². The highest BCUT2D eigenvalue weighted by Crippen LogP contribution is 2.30. The van der Waals surface area contributed by atoms with E-state index < -0.39 is 5.97 Å². The van der Waals surface area contributed by atoms with Crippen molar-refractivity contribution < 1.29 is 23.8 Å². The highest BCUT2D eigenvalue weighted by molar-refractivity contribution is 6.04. The third-order valence-electron chi connectivity index (χ3n) is 5.15. The maximum absolute atomic E-state index is 12.9. The van der Waals surface area contributed by atoms with Crippen LogP contribution in [0.25, 0.3) is 10.8 Å². The van der Waals surface area contributed by atoms with Gasteiger partial charge in [0.25, 0.3) is 5.91 Å². The number of fused-ring (bicyclic) bond motifs is 1. The third-order valence-corrected chi connectivity index (χ3v) is 5.15. The van der Waals surface area contributed by atoms with Crippen molar-refractivity contribution in [2.75, 3.05) is 14.2 Å². The number of carbonyl (C=O) groups is 2. The molecule has 4 rings (SSSR count). The minimum atomic E-state index is -0.570. The number of hydrogen-bond donors (Lipinski definition) is 1. The van der Waals surface area contributed by atoms with Gasteiger partial charge in [-0.1, -0.05) is 48.5 Å². The number of rotatable bonds is 7. The van der Waals surface area contributed by atoms with E-state index >= 15 is 0 Å². The lowest BCUT2D eigenvalue weighted by atomic mass is 10.0. The molecule has 0 aliphatic rings. The summed E-state index contributed by atoms with van der Waals surface area (Å²) >= 11 is 0. The molecule has 4 aromatic rings. The Balaban J connectivity index is 1.63. The Hall–Kier alpha value is -4.65. The summed E-state index contributed by atoms with van der Waals surface area (Å²) in [6.07, 6.45) is 1.47. The molecule has 0 saturated heterocycles. The molecule has 0 saturated carbocycles. The smallest absolute Gasteiger partial charge is 0.343 e. The topological polar surface area (TPSA) is 86.2 Å². The number of hydrazone groups is 1. The van der Waals surface area contributed by atoms with Crippen molar-refractivity contribution in [3.05, 3.63) is 102 Å². The standard InChI is InChI=1S/C27H22N2O5/c1-32-24-15-13-20(16-25(24)33-2)27(31)34-23-14-12-18-8-6-7-11-21(18)22(23)17-28-29-26(30)19-9-4-3-5-10-19/h3-17H,1-2H3,(H,29,30)/b28-17+. The Kier molecular flexibility index (Phi) is 6.84. The summed E-state index contributed by atoms with van der Waals surface area (Å²) in [6, 6.07) is 24.7. The van der Waals surface area contributed by atoms with E-state index in [1.165, 1.54) is 20.4 Å². The summed E-state index contributed by atoms with van der Waals surface area (Å²) in [5.41, 5.74) is 3.85. The van der Waals surface area contributed by atoms with Gasteiger partial charge in [0.1, 0.15) is 5.75 Å². The molecule has 34 heavy (non-hydrogen) atoms. The molecule has 170 valence electrons. The van der Waals surface area contributed by atoms with Crippen molar-refractivity contribution in [2.45, 2.75) is 0 Å². The van der Waals surface area contributed by atoms with Gasteiger partial charge in [0.2, 0.25) is 0 Å². The van der Waals surface area contributed by atoms with Crippen LogP contribution in [0, 0.1) is 0 Å². The summed E-state index contributed by atoms with van der Waals surface area (Å²) in [7, 11) is 3.02. The van der Waals surface area contributed by atoms with E-state index in [0.717, 1.165) is 10.8 Å². The first-order valence-electron chi connectivity index (χ1n) is 10.4. The maximum atomic E-state index is 12.9. The van der Waals surface area contributed by atoms with Crippen molar-refractivity contribution in [1.82, 2.24) is 5.43 Å². The average molecular weight is 454 g/mol. The minimum absolute atomic E-state index is 0.297. The van der Waals surface area contributed by atoms with Gasteiger partial charge in [0.05, 0.1) is 26.0 Å². The lowest BCUT2D eigenvalue weighted by molar-refractivity contribution is 0.0734. The predicted molar refractivity (Wildman–Crippen MR) is 130 cm³/mol. The first-order valence-corrected chi connectivity index (χ1v) is 10.4. The van der Waals surface area contributed by atoms with Gasteiger partial charge >= 0.3 is 5.97 Å². The largest absolute Gasteiger partial charge is 0.493 e. The zero-order valence-electron chi connectivity index (χ0n) is 18.6. The Morgan fingerprint density at radius 3 is 2.24 bits per heavy atom. The zero-order chi connectivity index (χ0) is 23.9. The number of methoxy groups -OCH3 is 2. The van der Waals surface area contributed by atoms with Crippen LogP contribution in [0.15, 0.2) is 90.0 Å². The molecule has 0 bridgehead atoms. The lowest BCUT2D eigenvalue weighted by Gasteiger charge is -2.12. The first-order chi connectivity index (χ1) is 16.6. The van der Waals surface area contributed by atoms with Crippen LogP contribution in [0.3, 0.4) is 0 Å². The Morgan fingerprint density at radius 2 is 1.47 bits per heavy atom. The van der Waals surface area contributed by atoms with E-state index in [2.05, 4.69) is 10.5 Å². The molecule has 0 atom stereocenters. The van der Waals surface area contributed by atoms with Crippen LogP contribution in [0.2, 0.25) is 0 Å². The number of nitrogens with one attached hydrogen (secondary N) is 1. The minimum Gasteiger partial charge on any atom is -0.493 e. The van der Waals surface area contributed by atoms with Gasteiger partial charge in [-0.15, -0.1) is 0 Å². The number of hydrogen-bond acceptors (Lipinski definition) is 6. The van der Waals surface area contributed by atoms with Gasteiger partial charge in [0.15, 0.2) is 11.5 Å². The van der Waals surface area contributed by atoms with E-state index in [1.807, 2.05) is 36.4 Å². The quantitative estimate of drug-likeness (QED) is 0.187. The summed E-state index contributed by atoms with van der Waals surface area (Å²) < 4.78 is 16.2. The van der Waals surface area contributed by atoms with Crippen molar-refractivity contribution in [3.63, 3.8) is 0 Å². The molecular formula is C27H22N2O5. The molecule has 0 fully saturated rings. The molecule has 7 heteroatoms. The van der Waals surface area contributed by atoms with Gasteiger partial charge in [-0.3, -0.25) is 4.79 Å². The van der Waals surface area contributed by atoms with Crippen molar-refractivity contribution in [1.29, 1.82) is 0 Å². The Bertz CT molecular complexity index is 1370. The predicted octanol–water partition coefficient (Wildman–Crippen LogP) is 4.84. The summed E-state index contributed by atoms with van der Waals surface area (Å²) in [5.74, 6) is 0.309. The molecule has 0 aliphatic carbocycles. The van der Waals surface area contributed by atoms with E-state index in [-0.39, 0.29) is 5.91 Å². The van der Waals surface area contributed by atoms with Crippen LogP contribution in [0.5, 0.6) is 17.2 Å². The molecule has 0 aliphatic heterocycles. The SMILES string of the molecule is COc1ccc(C(=O)Oc2ccc3ccccc3c2/C=N/NC(=O)c2ccccc2)cc1OC. The fraction of sp³-hybridized carbons (Fsp3) is 0.0741. The molecule has 1 N–H and O–H groups in total. The van der Waals surface area contributed by atoms with Crippen LogP contribution in [-0.2, 0) is 0 Å². The second kappa shape index (κ2) is 10.3. The number of ether oxygens (including phenoxy) is 3. The van der Waals surface area contributed by atoms with E-state index in [9.17, 15) is 9.59 Å². The number of amides is 1. The van der Waals surface area contributed by atoms with E-state index in [1.54, 1.807) is 48.5 Å². The average Bonchev–Trinajstić information content (AvgIpc) is 2.89. The first kappa shape index (κ1) is 22.5. The normalized spacial score (nSPS) is 10.8. The van der Waals surface area contributed by atoms with Gasteiger partial charge in [-0.25, -0.2) is 10.2 Å². The van der Waals surface area contributed by atoms with Crippen molar-refractivity contribution in [2.24, 2.45) is 5.10 Å². The summed E-state index contributed by atoms with van der Waals surface area (Å²) in [5, 5.41) is 5.86. The Labute approximate surface area is 196 Å². The molecule has 0 radical (unpaired) electrons. The van der Waals surface area contributed by atoms with Crippen LogP contribution in [-0.4, -0.2) is 32.3 Å². The number of esters is 1. The Morgan fingerprint density at radius 1 is 0.765 bits per heavy atom. The molecule has 1 amide bonds. The number of nitrogens with zero attached hydrogens (tertiary/aromatic N) is 1. The van der Waals surface area contributed by atoms with Crippen LogP contribution in [0.1, 0.15) is 26.3 Å². The second-order valence-electron chi connectivity index (χ2n) is 7.22. The lowest BCUT2D eigenvalue weighted by Crippen LogP contribution is -2.17. The molecule has 0 heterocycles. The van der Waals surface area contributed by atoms with Crippen LogP contribution in [0.4, 0.5) is 0 Å². The number of benzene rings is 4. The molecule has 7 nitrogen and oxygen atoms in total. The highest BCUT2D eigenvalue weighted by Gasteiger charge is 2.16. The fourth-order valence-electron chi connectivity index (χ4n) is 3.43. The van der Waals surface area contributed by atoms with Crippen LogP contribution >= 0.6 is 0 Å². The van der Waals surface area contributed by atoms with Gasteiger partial charge in [0, 0.05) is 11.1 Å². The monoisotopic (exact) mass is 454 g/mol. The third kappa shape index (κ3) is 4.88. The summed E-state index contributed by atoms with van der Waals surface area (Å²) in [6.45, 7) is 0. The molecule has 0 aromatic heterocycles. The molecule has 4 aromatic carbocycles. The second-order valence-corrected chi connectivity index (χ2v) is 7.22. The number of carbonyl (C=O) groups excluding carboxylic acids is 2. The van der Waals surface area contributed by atoms with Gasteiger partial charge < -0.3 is 14.2 Å². The fourth-order valence-corrected chi connectivity index (χ4v) is 3.43. The van der Waals surface area contributed by atoms with E-state index in [0.29, 0.717) is 33.9 Å². The van der Waals surface area contributed by atoms with Gasteiger partial charge in [-0.2, -0.15) is 5.10 Å². The zero-order valence-corrected chi connectivity index (χ0v) is 18.6.